The van der Waals surface area contributed by atoms with Gasteiger partial charge in [-0.1, -0.05) is 29.8 Å². The molecule has 1 atom stereocenters. The number of benzene rings is 2. The van der Waals surface area contributed by atoms with E-state index >= 15 is 0 Å². The molecular formula is C25H32N6O3. The molecule has 1 fully saturated rings. The second-order valence-corrected chi connectivity index (χ2v) is 8.57. The quantitative estimate of drug-likeness (QED) is 0.520. The molecule has 1 aliphatic rings. The first kappa shape index (κ1) is 24.0. The van der Waals surface area contributed by atoms with Crippen LogP contribution in [-0.2, 0) is 16.1 Å². The number of tetrazole rings is 1. The highest BCUT2D eigenvalue weighted by molar-refractivity contribution is 5.96. The van der Waals surface area contributed by atoms with Gasteiger partial charge in [-0.25, -0.2) is 0 Å². The van der Waals surface area contributed by atoms with Gasteiger partial charge in [-0.05, 0) is 60.5 Å². The van der Waals surface area contributed by atoms with Crippen LogP contribution >= 0.6 is 0 Å². The number of amides is 1. The molecule has 34 heavy (non-hydrogen) atoms. The van der Waals surface area contributed by atoms with Gasteiger partial charge in [0, 0.05) is 37.8 Å². The smallest absolute Gasteiger partial charge is 0.251 e. The molecule has 3 aromatic rings. The van der Waals surface area contributed by atoms with Crippen LogP contribution in [0.5, 0.6) is 0 Å². The normalized spacial score (nSPS) is 15.3. The van der Waals surface area contributed by atoms with Crippen LogP contribution in [0.3, 0.4) is 0 Å². The molecular weight excluding hydrogens is 432 g/mol. The number of aromatic nitrogens is 4. The van der Waals surface area contributed by atoms with Gasteiger partial charge in [0.05, 0.1) is 18.9 Å². The van der Waals surface area contributed by atoms with Crippen molar-refractivity contribution in [2.45, 2.75) is 33.4 Å². The summed E-state index contributed by atoms with van der Waals surface area (Å²) in [5, 5.41) is 15.2. The van der Waals surface area contributed by atoms with Crippen molar-refractivity contribution in [1.82, 2.24) is 30.4 Å². The molecule has 1 unspecified atom stereocenters. The molecule has 0 bridgehead atoms. The van der Waals surface area contributed by atoms with Crippen LogP contribution in [0.1, 0.15) is 35.6 Å². The maximum atomic E-state index is 13.3. The topological polar surface area (TPSA) is 94.4 Å². The number of ether oxygens (including phenoxy) is 2. The number of carbonyl (C=O) groups excluding carboxylic acids is 1. The molecule has 1 aliphatic heterocycles. The van der Waals surface area contributed by atoms with Crippen molar-refractivity contribution in [2.24, 2.45) is 0 Å². The first-order valence-electron chi connectivity index (χ1n) is 11.7. The van der Waals surface area contributed by atoms with Crippen LogP contribution in [0.4, 0.5) is 0 Å². The minimum absolute atomic E-state index is 0.00127. The van der Waals surface area contributed by atoms with E-state index in [1.807, 2.05) is 32.0 Å². The van der Waals surface area contributed by atoms with Gasteiger partial charge in [-0.2, -0.15) is 4.68 Å². The van der Waals surface area contributed by atoms with Crippen LogP contribution in [-0.4, -0.2) is 76.5 Å². The summed E-state index contributed by atoms with van der Waals surface area (Å²) in [4.78, 5) is 15.6. The maximum absolute atomic E-state index is 13.3. The van der Waals surface area contributed by atoms with E-state index in [1.165, 1.54) is 5.56 Å². The summed E-state index contributed by atoms with van der Waals surface area (Å²) in [6.07, 6.45) is 0. The zero-order valence-corrected chi connectivity index (χ0v) is 20.0. The van der Waals surface area contributed by atoms with Crippen LogP contribution in [0.25, 0.3) is 16.8 Å². The summed E-state index contributed by atoms with van der Waals surface area (Å²) in [6, 6.07) is 13.9. The van der Waals surface area contributed by atoms with Gasteiger partial charge in [0.2, 0.25) is 0 Å². The minimum Gasteiger partial charge on any atom is -0.379 e. The van der Waals surface area contributed by atoms with Gasteiger partial charge < -0.3 is 14.8 Å². The Morgan fingerprint density at radius 1 is 1.15 bits per heavy atom. The average molecular weight is 465 g/mol. The first-order chi connectivity index (χ1) is 16.5. The molecule has 1 saturated heterocycles. The standard InChI is InChI=1S/C25H32N6O3/c1-4-33-17-24-27-28-29-31(24)23-14-21(20-7-5-18(2)6-8-20)13-22(15-23)25(32)26-19(3)16-30-9-11-34-12-10-30/h5-8,13-15,19H,4,9-12,16-17H2,1-3H3,(H,26,32). The molecule has 0 spiro atoms. The van der Waals surface area contributed by atoms with Crippen molar-refractivity contribution in [3.63, 3.8) is 0 Å². The monoisotopic (exact) mass is 464 g/mol. The second kappa shape index (κ2) is 11.3. The number of hydrogen-bond donors (Lipinski definition) is 1. The number of aryl methyl sites for hydroxylation is 1. The van der Waals surface area contributed by atoms with Gasteiger partial charge in [0.15, 0.2) is 5.82 Å². The lowest BCUT2D eigenvalue weighted by molar-refractivity contribution is 0.0342. The summed E-state index contributed by atoms with van der Waals surface area (Å²) >= 11 is 0. The van der Waals surface area contributed by atoms with Crippen molar-refractivity contribution in [2.75, 3.05) is 39.5 Å². The van der Waals surface area contributed by atoms with Crippen molar-refractivity contribution in [1.29, 1.82) is 0 Å². The third-order valence-corrected chi connectivity index (χ3v) is 5.79. The molecule has 0 saturated carbocycles. The van der Waals surface area contributed by atoms with Crippen molar-refractivity contribution in [3.05, 3.63) is 59.4 Å². The Morgan fingerprint density at radius 3 is 2.65 bits per heavy atom. The second-order valence-electron chi connectivity index (χ2n) is 8.57. The lowest BCUT2D eigenvalue weighted by Crippen LogP contribution is -2.46. The zero-order chi connectivity index (χ0) is 23.9. The van der Waals surface area contributed by atoms with E-state index in [0.717, 1.165) is 44.0 Å². The molecule has 9 nitrogen and oxygen atoms in total. The van der Waals surface area contributed by atoms with E-state index in [-0.39, 0.29) is 18.6 Å². The van der Waals surface area contributed by atoms with Gasteiger partial charge >= 0.3 is 0 Å². The summed E-state index contributed by atoms with van der Waals surface area (Å²) in [5.74, 6) is 0.449. The molecule has 4 rings (SSSR count). The first-order valence-corrected chi connectivity index (χ1v) is 11.7. The van der Waals surface area contributed by atoms with Crippen LogP contribution in [0.15, 0.2) is 42.5 Å². The Hall–Kier alpha value is -3.14. The Kier molecular flexibility index (Phi) is 7.99. The zero-order valence-electron chi connectivity index (χ0n) is 20.0. The van der Waals surface area contributed by atoms with Crippen molar-refractivity contribution < 1.29 is 14.3 Å². The highest BCUT2D eigenvalue weighted by atomic mass is 16.5. The van der Waals surface area contributed by atoms with E-state index in [9.17, 15) is 4.79 Å². The molecule has 2 aromatic carbocycles. The fourth-order valence-electron chi connectivity index (χ4n) is 3.99. The van der Waals surface area contributed by atoms with Crippen LogP contribution in [0, 0.1) is 6.92 Å². The van der Waals surface area contributed by atoms with E-state index < -0.39 is 0 Å². The maximum Gasteiger partial charge on any atom is 0.251 e. The fraction of sp³-hybridized carbons (Fsp3) is 0.440. The Morgan fingerprint density at radius 2 is 1.91 bits per heavy atom. The van der Waals surface area contributed by atoms with Gasteiger partial charge in [0.1, 0.15) is 6.61 Å². The van der Waals surface area contributed by atoms with Gasteiger partial charge in [-0.15, -0.1) is 5.10 Å². The van der Waals surface area contributed by atoms with Crippen LogP contribution < -0.4 is 5.32 Å². The third-order valence-electron chi connectivity index (χ3n) is 5.79. The molecule has 1 aromatic heterocycles. The molecule has 1 amide bonds. The minimum atomic E-state index is -0.129. The number of rotatable bonds is 9. The SMILES string of the molecule is CCOCc1nnnn1-c1cc(C(=O)NC(C)CN2CCOCC2)cc(-c2ccc(C)cc2)c1. The number of hydrogen-bond acceptors (Lipinski definition) is 7. The lowest BCUT2D eigenvalue weighted by Gasteiger charge is -2.29. The average Bonchev–Trinajstić information content (AvgIpc) is 3.32. The molecule has 0 aliphatic carbocycles. The fourth-order valence-corrected chi connectivity index (χ4v) is 3.99. The predicted octanol–water partition coefficient (Wildman–Crippen LogP) is 2.62. The number of nitrogens with one attached hydrogen (secondary N) is 1. The van der Waals surface area contributed by atoms with E-state index in [0.29, 0.717) is 23.7 Å². The van der Waals surface area contributed by atoms with E-state index in [1.54, 1.807) is 4.68 Å². The Bertz CT molecular complexity index is 1090. The molecule has 2 heterocycles. The number of morpholine rings is 1. The highest BCUT2D eigenvalue weighted by Crippen LogP contribution is 2.25. The van der Waals surface area contributed by atoms with Crippen molar-refractivity contribution in [3.8, 4) is 16.8 Å². The third kappa shape index (κ3) is 6.05. The molecule has 180 valence electrons. The Labute approximate surface area is 200 Å². The van der Waals surface area contributed by atoms with E-state index in [4.69, 9.17) is 9.47 Å². The van der Waals surface area contributed by atoms with Crippen molar-refractivity contribution >= 4 is 5.91 Å². The predicted molar refractivity (Wildman–Crippen MR) is 129 cm³/mol. The summed E-state index contributed by atoms with van der Waals surface area (Å²) in [6.45, 7) is 10.9. The summed E-state index contributed by atoms with van der Waals surface area (Å²) in [5.41, 5.74) is 4.38. The van der Waals surface area contributed by atoms with Crippen LogP contribution in [0.2, 0.25) is 0 Å². The molecule has 0 radical (unpaired) electrons. The highest BCUT2D eigenvalue weighted by Gasteiger charge is 2.18. The van der Waals surface area contributed by atoms with Gasteiger partial charge in [-0.3, -0.25) is 9.69 Å². The molecule has 1 N–H and O–H groups in total. The van der Waals surface area contributed by atoms with E-state index in [2.05, 4.69) is 56.9 Å². The largest absolute Gasteiger partial charge is 0.379 e. The summed E-state index contributed by atoms with van der Waals surface area (Å²) < 4.78 is 12.6. The number of nitrogens with zero attached hydrogens (tertiary/aromatic N) is 5. The molecule has 9 heteroatoms. The van der Waals surface area contributed by atoms with Gasteiger partial charge in [0.25, 0.3) is 5.91 Å². The lowest BCUT2D eigenvalue weighted by atomic mass is 10.0. The number of carbonyl (C=O) groups is 1. The Balaban J connectivity index is 1.62. The summed E-state index contributed by atoms with van der Waals surface area (Å²) in [7, 11) is 0.